The molecule has 0 aliphatic heterocycles. The molecule has 100 valence electrons. The van der Waals surface area contributed by atoms with Crippen LogP contribution in [0.25, 0.3) is 0 Å². The fourth-order valence-corrected chi connectivity index (χ4v) is 1.81. The molecule has 0 unspecified atom stereocenters. The number of rotatable bonds is 6. The lowest BCUT2D eigenvalue weighted by atomic mass is 10.1. The van der Waals surface area contributed by atoms with Crippen LogP contribution in [0.1, 0.15) is 24.4 Å². The summed E-state index contributed by atoms with van der Waals surface area (Å²) in [6.45, 7) is 1.92. The molecule has 7 heteroatoms. The molecule has 0 aliphatic carbocycles. The van der Waals surface area contributed by atoms with Crippen molar-refractivity contribution in [1.29, 1.82) is 0 Å². The Balaban J connectivity index is 2.03. The molecular formula is C12H15N5O2. The highest BCUT2D eigenvalue weighted by atomic mass is 16.4. The van der Waals surface area contributed by atoms with Crippen LogP contribution in [0.2, 0.25) is 0 Å². The van der Waals surface area contributed by atoms with Gasteiger partial charge in [-0.2, -0.15) is 5.21 Å². The average molecular weight is 261 g/mol. The zero-order chi connectivity index (χ0) is 13.7. The average Bonchev–Trinajstić information content (AvgIpc) is 2.91. The third-order valence-electron chi connectivity index (χ3n) is 2.82. The van der Waals surface area contributed by atoms with Crippen molar-refractivity contribution in [3.05, 3.63) is 41.7 Å². The standard InChI is InChI=1S/C12H15N5O2/c1-8(9-5-3-2-4-6-9)13-10(12(18)19)7-11-14-16-17-15-11/h2-6,8,10,13H,7H2,1H3,(H,18,19)(H,14,15,16,17)/t8-,10+/m1/s1. The molecule has 0 fully saturated rings. The largest absolute Gasteiger partial charge is 0.480 e. The molecule has 0 aliphatic rings. The second-order valence-corrected chi connectivity index (χ2v) is 4.22. The number of hydrogen-bond acceptors (Lipinski definition) is 5. The van der Waals surface area contributed by atoms with E-state index in [0.29, 0.717) is 5.82 Å². The van der Waals surface area contributed by atoms with Crippen molar-refractivity contribution in [2.24, 2.45) is 0 Å². The van der Waals surface area contributed by atoms with E-state index in [4.69, 9.17) is 0 Å². The van der Waals surface area contributed by atoms with Crippen LogP contribution in [0.15, 0.2) is 30.3 Å². The summed E-state index contributed by atoms with van der Waals surface area (Å²) in [5.74, 6) is -0.562. The molecular weight excluding hydrogens is 246 g/mol. The molecule has 1 aromatic carbocycles. The van der Waals surface area contributed by atoms with Crippen molar-refractivity contribution >= 4 is 5.97 Å². The van der Waals surface area contributed by atoms with E-state index >= 15 is 0 Å². The number of H-pyrrole nitrogens is 1. The molecule has 2 rings (SSSR count). The molecule has 0 radical (unpaired) electrons. The second kappa shape index (κ2) is 6.05. The van der Waals surface area contributed by atoms with E-state index in [9.17, 15) is 9.90 Å². The Hall–Kier alpha value is -2.28. The van der Waals surface area contributed by atoms with Gasteiger partial charge in [0.1, 0.15) is 6.04 Å². The number of hydrogen-bond donors (Lipinski definition) is 3. The van der Waals surface area contributed by atoms with Gasteiger partial charge in [0.2, 0.25) is 0 Å². The van der Waals surface area contributed by atoms with Crippen LogP contribution in [0.3, 0.4) is 0 Å². The van der Waals surface area contributed by atoms with E-state index in [1.165, 1.54) is 0 Å². The molecule has 1 aromatic heterocycles. The van der Waals surface area contributed by atoms with Crippen LogP contribution in [-0.4, -0.2) is 37.7 Å². The van der Waals surface area contributed by atoms with E-state index in [0.717, 1.165) is 5.56 Å². The van der Waals surface area contributed by atoms with Crippen molar-refractivity contribution in [1.82, 2.24) is 25.9 Å². The molecule has 0 bridgehead atoms. The molecule has 0 saturated carbocycles. The van der Waals surface area contributed by atoms with Crippen molar-refractivity contribution in [2.75, 3.05) is 0 Å². The third kappa shape index (κ3) is 3.59. The Morgan fingerprint density at radius 2 is 2.16 bits per heavy atom. The molecule has 19 heavy (non-hydrogen) atoms. The van der Waals surface area contributed by atoms with Crippen LogP contribution in [-0.2, 0) is 11.2 Å². The number of benzene rings is 1. The smallest absolute Gasteiger partial charge is 0.321 e. The number of nitrogens with zero attached hydrogens (tertiary/aromatic N) is 3. The van der Waals surface area contributed by atoms with Gasteiger partial charge in [-0.25, -0.2) is 0 Å². The minimum absolute atomic E-state index is 0.0748. The lowest BCUT2D eigenvalue weighted by Gasteiger charge is -2.19. The molecule has 7 nitrogen and oxygen atoms in total. The van der Waals surface area contributed by atoms with Crippen LogP contribution < -0.4 is 5.32 Å². The Morgan fingerprint density at radius 3 is 2.74 bits per heavy atom. The monoisotopic (exact) mass is 261 g/mol. The molecule has 2 aromatic rings. The number of nitrogens with one attached hydrogen (secondary N) is 2. The minimum atomic E-state index is -0.937. The first kappa shape index (κ1) is 13.2. The topological polar surface area (TPSA) is 104 Å². The van der Waals surface area contributed by atoms with Crippen molar-refractivity contribution in [2.45, 2.75) is 25.4 Å². The van der Waals surface area contributed by atoms with Crippen LogP contribution in [0.5, 0.6) is 0 Å². The van der Waals surface area contributed by atoms with E-state index in [1.54, 1.807) is 0 Å². The zero-order valence-corrected chi connectivity index (χ0v) is 10.4. The fraction of sp³-hybridized carbons (Fsp3) is 0.333. The SMILES string of the molecule is C[C@@H](N[C@@H](Cc1nn[nH]n1)C(=O)O)c1ccccc1. The van der Waals surface area contributed by atoms with Gasteiger partial charge in [0, 0.05) is 12.5 Å². The summed E-state index contributed by atoms with van der Waals surface area (Å²) in [5.41, 5.74) is 1.03. The van der Waals surface area contributed by atoms with Crippen molar-refractivity contribution in [3.63, 3.8) is 0 Å². The third-order valence-corrected chi connectivity index (χ3v) is 2.82. The maximum absolute atomic E-state index is 11.2. The first-order chi connectivity index (χ1) is 9.16. The molecule has 3 N–H and O–H groups in total. The van der Waals surface area contributed by atoms with Crippen LogP contribution in [0, 0.1) is 0 Å². The number of carbonyl (C=O) groups is 1. The predicted octanol–water partition coefficient (Wildman–Crippen LogP) is 0.546. The minimum Gasteiger partial charge on any atom is -0.480 e. The van der Waals surface area contributed by atoms with Gasteiger partial charge in [-0.3, -0.25) is 10.1 Å². The fourth-order valence-electron chi connectivity index (χ4n) is 1.81. The quantitative estimate of drug-likeness (QED) is 0.701. The summed E-state index contributed by atoms with van der Waals surface area (Å²) in [5, 5.41) is 25.5. The summed E-state index contributed by atoms with van der Waals surface area (Å²) < 4.78 is 0. The van der Waals surface area contributed by atoms with Gasteiger partial charge in [0.05, 0.1) is 0 Å². The molecule has 2 atom stereocenters. The number of aromatic amines is 1. The van der Waals surface area contributed by atoms with Gasteiger partial charge in [-0.05, 0) is 12.5 Å². The van der Waals surface area contributed by atoms with Gasteiger partial charge >= 0.3 is 5.97 Å². The predicted molar refractivity (Wildman–Crippen MR) is 67.3 cm³/mol. The summed E-state index contributed by atoms with van der Waals surface area (Å²) in [6, 6.07) is 8.83. The lowest BCUT2D eigenvalue weighted by Crippen LogP contribution is -2.40. The maximum Gasteiger partial charge on any atom is 0.321 e. The number of aliphatic carboxylic acids is 1. The summed E-state index contributed by atoms with van der Waals surface area (Å²) in [6.07, 6.45) is 0.184. The zero-order valence-electron chi connectivity index (χ0n) is 10.4. The molecule has 0 saturated heterocycles. The summed E-state index contributed by atoms with van der Waals surface area (Å²) >= 11 is 0. The first-order valence-corrected chi connectivity index (χ1v) is 5.93. The molecule has 0 amide bonds. The molecule has 0 spiro atoms. The normalized spacial score (nSPS) is 13.9. The van der Waals surface area contributed by atoms with Crippen LogP contribution >= 0.6 is 0 Å². The number of carboxylic acids is 1. The number of carboxylic acid groups (broad SMARTS) is 1. The van der Waals surface area contributed by atoms with Crippen LogP contribution in [0.4, 0.5) is 0 Å². The first-order valence-electron chi connectivity index (χ1n) is 5.93. The number of aromatic nitrogens is 4. The summed E-state index contributed by atoms with van der Waals surface area (Å²) in [4.78, 5) is 11.2. The van der Waals surface area contributed by atoms with Crippen molar-refractivity contribution < 1.29 is 9.90 Å². The van der Waals surface area contributed by atoms with E-state index in [-0.39, 0.29) is 12.5 Å². The Bertz CT molecular complexity index is 514. The van der Waals surface area contributed by atoms with Gasteiger partial charge < -0.3 is 5.11 Å². The highest BCUT2D eigenvalue weighted by Gasteiger charge is 2.22. The second-order valence-electron chi connectivity index (χ2n) is 4.22. The number of tetrazole rings is 1. The lowest BCUT2D eigenvalue weighted by molar-refractivity contribution is -0.139. The Labute approximate surface area is 110 Å². The van der Waals surface area contributed by atoms with E-state index in [2.05, 4.69) is 25.9 Å². The van der Waals surface area contributed by atoms with Gasteiger partial charge in [0.25, 0.3) is 0 Å². The van der Waals surface area contributed by atoms with Crippen molar-refractivity contribution in [3.8, 4) is 0 Å². The Morgan fingerprint density at radius 1 is 1.42 bits per heavy atom. The molecule has 1 heterocycles. The maximum atomic E-state index is 11.2. The highest BCUT2D eigenvalue weighted by molar-refractivity contribution is 5.73. The van der Waals surface area contributed by atoms with Gasteiger partial charge in [-0.15, -0.1) is 10.2 Å². The van der Waals surface area contributed by atoms with E-state index in [1.807, 2.05) is 37.3 Å². The van der Waals surface area contributed by atoms with Gasteiger partial charge in [0.15, 0.2) is 5.82 Å². The highest BCUT2D eigenvalue weighted by Crippen LogP contribution is 2.12. The summed E-state index contributed by atoms with van der Waals surface area (Å²) in [7, 11) is 0. The Kier molecular flexibility index (Phi) is 4.19. The van der Waals surface area contributed by atoms with Gasteiger partial charge in [-0.1, -0.05) is 35.5 Å². The van der Waals surface area contributed by atoms with E-state index < -0.39 is 12.0 Å².